The lowest BCUT2D eigenvalue weighted by molar-refractivity contribution is 0.0971. The zero-order chi connectivity index (χ0) is 26.8. The van der Waals surface area contributed by atoms with E-state index in [-0.39, 0.29) is 17.1 Å². The second-order valence-corrected chi connectivity index (χ2v) is 9.91. The van der Waals surface area contributed by atoms with E-state index in [9.17, 15) is 9.59 Å². The van der Waals surface area contributed by atoms with Gasteiger partial charge in [-0.1, -0.05) is 61.6 Å². The van der Waals surface area contributed by atoms with Crippen molar-refractivity contribution in [3.05, 3.63) is 98.9 Å². The van der Waals surface area contributed by atoms with E-state index < -0.39 is 6.04 Å². The first-order chi connectivity index (χ1) is 18.4. The summed E-state index contributed by atoms with van der Waals surface area (Å²) in [6, 6.07) is 18.1. The summed E-state index contributed by atoms with van der Waals surface area (Å²) in [4.78, 5) is 29.3. The molecule has 6 heteroatoms. The first kappa shape index (κ1) is 25.6. The topological polar surface area (TPSA) is 69.0 Å². The molecule has 0 saturated carbocycles. The average Bonchev–Trinajstić information content (AvgIpc) is 3.22. The van der Waals surface area contributed by atoms with Crippen LogP contribution in [0.1, 0.15) is 71.5 Å². The maximum Gasteiger partial charge on any atom is 0.295 e. The van der Waals surface area contributed by atoms with Crippen LogP contribution in [-0.4, -0.2) is 19.6 Å². The number of benzene rings is 3. The average molecular weight is 512 g/mol. The molecule has 38 heavy (non-hydrogen) atoms. The summed E-state index contributed by atoms with van der Waals surface area (Å²) in [6.07, 6.45) is 4.44. The SMILES string of the molecule is CCCCCCOc1ccc(C2c3c(oc4ccc(C)cc4c3=O)C(=O)N2c2ccc(C)cc2)cc1OC. The highest BCUT2D eigenvalue weighted by atomic mass is 16.5. The maximum atomic E-state index is 13.9. The molecule has 0 spiro atoms. The Labute approximate surface area is 222 Å². The number of unbranched alkanes of at least 4 members (excludes halogenated alkanes) is 3. The summed E-state index contributed by atoms with van der Waals surface area (Å²) in [7, 11) is 1.60. The molecule has 1 aromatic heterocycles. The number of anilines is 1. The van der Waals surface area contributed by atoms with Gasteiger partial charge in [0.15, 0.2) is 16.9 Å². The number of hydrogen-bond acceptors (Lipinski definition) is 5. The van der Waals surface area contributed by atoms with Gasteiger partial charge >= 0.3 is 0 Å². The van der Waals surface area contributed by atoms with E-state index >= 15 is 0 Å². The monoisotopic (exact) mass is 511 g/mol. The second-order valence-electron chi connectivity index (χ2n) is 9.91. The molecule has 0 bridgehead atoms. The van der Waals surface area contributed by atoms with Crippen LogP contribution in [0.25, 0.3) is 11.0 Å². The number of aryl methyl sites for hydroxylation is 2. The van der Waals surface area contributed by atoms with Gasteiger partial charge in [-0.05, 0) is 62.2 Å². The number of fused-ring (bicyclic) bond motifs is 2. The third-order valence-electron chi connectivity index (χ3n) is 7.10. The van der Waals surface area contributed by atoms with Gasteiger partial charge in [0.1, 0.15) is 5.58 Å². The van der Waals surface area contributed by atoms with Gasteiger partial charge in [0.2, 0.25) is 5.76 Å². The van der Waals surface area contributed by atoms with E-state index in [2.05, 4.69) is 6.92 Å². The van der Waals surface area contributed by atoms with Crippen LogP contribution in [-0.2, 0) is 0 Å². The lowest BCUT2D eigenvalue weighted by atomic mass is 9.97. The van der Waals surface area contributed by atoms with Crippen molar-refractivity contribution in [3.8, 4) is 11.5 Å². The largest absolute Gasteiger partial charge is 0.493 e. The van der Waals surface area contributed by atoms with Crippen LogP contribution in [0.5, 0.6) is 11.5 Å². The van der Waals surface area contributed by atoms with Crippen LogP contribution in [0.3, 0.4) is 0 Å². The number of hydrogen-bond donors (Lipinski definition) is 0. The Hall–Kier alpha value is -4.06. The number of ether oxygens (including phenoxy) is 2. The zero-order valence-electron chi connectivity index (χ0n) is 22.4. The predicted octanol–water partition coefficient (Wildman–Crippen LogP) is 7.13. The molecule has 6 nitrogen and oxygen atoms in total. The summed E-state index contributed by atoms with van der Waals surface area (Å²) >= 11 is 0. The third kappa shape index (κ3) is 4.67. The van der Waals surface area contributed by atoms with E-state index in [4.69, 9.17) is 13.9 Å². The van der Waals surface area contributed by atoms with Gasteiger partial charge in [0.25, 0.3) is 5.91 Å². The Morgan fingerprint density at radius 2 is 1.63 bits per heavy atom. The van der Waals surface area contributed by atoms with E-state index in [1.807, 2.05) is 68.4 Å². The number of methoxy groups -OCH3 is 1. The molecule has 1 aliphatic heterocycles. The molecule has 1 unspecified atom stereocenters. The third-order valence-corrected chi connectivity index (χ3v) is 7.10. The highest BCUT2D eigenvalue weighted by molar-refractivity contribution is 6.10. The van der Waals surface area contributed by atoms with Crippen molar-refractivity contribution in [1.82, 2.24) is 0 Å². The van der Waals surface area contributed by atoms with Gasteiger partial charge in [-0.15, -0.1) is 0 Å². The molecule has 0 fully saturated rings. The van der Waals surface area contributed by atoms with Crippen molar-refractivity contribution in [2.75, 3.05) is 18.6 Å². The standard InChI is InChI=1S/C32H33NO5/c1-5-6-7-8-17-37-26-16-12-22(19-27(26)36-4)29-28-30(34)24-18-21(3)11-15-25(24)38-31(28)32(35)33(29)23-13-9-20(2)10-14-23/h9-16,18-19,29H,5-8,17H2,1-4H3. The molecule has 3 aromatic carbocycles. The fraction of sp³-hybridized carbons (Fsp3) is 0.312. The zero-order valence-corrected chi connectivity index (χ0v) is 22.4. The fourth-order valence-electron chi connectivity index (χ4n) is 5.06. The smallest absolute Gasteiger partial charge is 0.295 e. The maximum absolute atomic E-state index is 13.9. The van der Waals surface area contributed by atoms with Crippen molar-refractivity contribution in [3.63, 3.8) is 0 Å². The summed E-state index contributed by atoms with van der Waals surface area (Å²) < 4.78 is 17.8. The van der Waals surface area contributed by atoms with Crippen LogP contribution in [0, 0.1) is 13.8 Å². The van der Waals surface area contributed by atoms with E-state index in [0.29, 0.717) is 40.3 Å². The number of carbonyl (C=O) groups is 1. The number of nitrogens with zero attached hydrogens (tertiary/aromatic N) is 1. The van der Waals surface area contributed by atoms with Crippen molar-refractivity contribution in [2.45, 2.75) is 52.5 Å². The summed E-state index contributed by atoms with van der Waals surface area (Å²) in [6.45, 7) is 6.71. The molecule has 2 heterocycles. The second kappa shape index (κ2) is 10.7. The van der Waals surface area contributed by atoms with Crippen LogP contribution in [0.4, 0.5) is 5.69 Å². The summed E-state index contributed by atoms with van der Waals surface area (Å²) in [5.74, 6) is 0.930. The van der Waals surface area contributed by atoms with Gasteiger partial charge in [-0.25, -0.2) is 0 Å². The lowest BCUT2D eigenvalue weighted by Crippen LogP contribution is -2.29. The van der Waals surface area contributed by atoms with Gasteiger partial charge < -0.3 is 13.9 Å². The quantitative estimate of drug-likeness (QED) is 0.224. The molecule has 5 rings (SSSR count). The van der Waals surface area contributed by atoms with Crippen molar-refractivity contribution in [2.24, 2.45) is 0 Å². The van der Waals surface area contributed by atoms with Crippen LogP contribution in [0.15, 0.2) is 69.9 Å². The minimum Gasteiger partial charge on any atom is -0.493 e. The van der Waals surface area contributed by atoms with Gasteiger partial charge in [0.05, 0.1) is 30.7 Å². The van der Waals surface area contributed by atoms with Gasteiger partial charge in [-0.2, -0.15) is 0 Å². The molecule has 0 radical (unpaired) electrons. The van der Waals surface area contributed by atoms with Crippen LogP contribution in [0.2, 0.25) is 0 Å². The molecule has 1 amide bonds. The normalized spacial score (nSPS) is 14.7. The highest BCUT2D eigenvalue weighted by Crippen LogP contribution is 2.43. The Kier molecular flexibility index (Phi) is 7.23. The molecule has 196 valence electrons. The molecule has 4 aromatic rings. The van der Waals surface area contributed by atoms with Crippen molar-refractivity contribution in [1.29, 1.82) is 0 Å². The number of rotatable bonds is 9. The van der Waals surface area contributed by atoms with Crippen LogP contribution < -0.4 is 19.8 Å². The highest BCUT2D eigenvalue weighted by Gasteiger charge is 2.44. The van der Waals surface area contributed by atoms with Crippen molar-refractivity contribution >= 4 is 22.6 Å². The molecule has 0 saturated heterocycles. The Balaban J connectivity index is 1.63. The summed E-state index contributed by atoms with van der Waals surface area (Å²) in [5, 5.41) is 0.464. The van der Waals surface area contributed by atoms with Gasteiger partial charge in [-0.3, -0.25) is 14.5 Å². The fourth-order valence-corrected chi connectivity index (χ4v) is 5.06. The molecule has 1 atom stereocenters. The predicted molar refractivity (Wildman–Crippen MR) is 150 cm³/mol. The Morgan fingerprint density at radius 3 is 2.37 bits per heavy atom. The molecular formula is C32H33NO5. The number of carbonyl (C=O) groups excluding carboxylic acids is 1. The molecular weight excluding hydrogens is 478 g/mol. The molecule has 0 N–H and O–H groups in total. The first-order valence-corrected chi connectivity index (χ1v) is 13.2. The van der Waals surface area contributed by atoms with E-state index in [1.54, 1.807) is 18.1 Å². The lowest BCUT2D eigenvalue weighted by Gasteiger charge is -2.26. The number of amides is 1. The Bertz CT molecular complexity index is 1540. The molecule has 1 aliphatic rings. The minimum absolute atomic E-state index is 0.0761. The summed E-state index contributed by atoms with van der Waals surface area (Å²) in [5.41, 5.74) is 3.99. The Morgan fingerprint density at radius 1 is 0.868 bits per heavy atom. The van der Waals surface area contributed by atoms with E-state index in [1.165, 1.54) is 12.8 Å². The van der Waals surface area contributed by atoms with Crippen LogP contribution >= 0.6 is 0 Å². The molecule has 0 aliphatic carbocycles. The minimum atomic E-state index is -0.672. The first-order valence-electron chi connectivity index (χ1n) is 13.2. The van der Waals surface area contributed by atoms with Crippen molar-refractivity contribution < 1.29 is 18.7 Å². The van der Waals surface area contributed by atoms with Gasteiger partial charge in [0, 0.05) is 5.69 Å². The van der Waals surface area contributed by atoms with E-state index in [0.717, 1.165) is 29.5 Å².